The smallest absolute Gasteiger partial charge is 0.223 e. The van der Waals surface area contributed by atoms with E-state index in [4.69, 9.17) is 4.74 Å². The summed E-state index contributed by atoms with van der Waals surface area (Å²) in [7, 11) is 0. The van der Waals surface area contributed by atoms with Crippen LogP contribution in [0.4, 0.5) is 0 Å². The van der Waals surface area contributed by atoms with Crippen LogP contribution in [0.5, 0.6) is 5.75 Å². The summed E-state index contributed by atoms with van der Waals surface area (Å²) in [6.45, 7) is 10.7. The number of halogens is 1. The number of carbonyl (C=O) groups is 1. The van der Waals surface area contributed by atoms with E-state index in [2.05, 4.69) is 28.5 Å². The molecule has 136 valence electrons. The molecule has 0 saturated carbocycles. The van der Waals surface area contributed by atoms with Gasteiger partial charge in [-0.25, -0.2) is 0 Å². The Morgan fingerprint density at radius 1 is 1.29 bits per heavy atom. The van der Waals surface area contributed by atoms with Crippen LogP contribution in [0.1, 0.15) is 24.0 Å². The number of benzene rings is 1. The Bertz CT molecular complexity index is 505. The van der Waals surface area contributed by atoms with E-state index >= 15 is 0 Å². The average molecular weight is 356 g/mol. The normalized spacial score (nSPS) is 14.8. The Morgan fingerprint density at radius 3 is 2.75 bits per heavy atom. The van der Waals surface area contributed by atoms with Crippen LogP contribution in [-0.2, 0) is 4.79 Å². The monoisotopic (exact) mass is 355 g/mol. The molecule has 0 aromatic heterocycles. The fraction of sp³-hybridized carbons (Fsp3) is 0.611. The van der Waals surface area contributed by atoms with Crippen molar-refractivity contribution in [2.75, 3.05) is 45.9 Å². The van der Waals surface area contributed by atoms with Gasteiger partial charge in [-0.15, -0.1) is 12.4 Å². The van der Waals surface area contributed by atoms with Crippen molar-refractivity contribution in [1.82, 2.24) is 15.5 Å². The van der Waals surface area contributed by atoms with E-state index in [-0.39, 0.29) is 18.3 Å². The summed E-state index contributed by atoms with van der Waals surface area (Å²) < 4.78 is 5.69. The van der Waals surface area contributed by atoms with Crippen molar-refractivity contribution in [2.45, 2.75) is 26.7 Å². The van der Waals surface area contributed by atoms with Crippen LogP contribution in [0.2, 0.25) is 0 Å². The minimum atomic E-state index is 0. The van der Waals surface area contributed by atoms with Gasteiger partial charge in [-0.05, 0) is 38.4 Å². The SMILES string of the molecule is Cc1ccc(OCCC(=O)NCCCN2CCNCC2)c(C)c1.Cl. The Balaban J connectivity index is 0.00000288. The van der Waals surface area contributed by atoms with Gasteiger partial charge in [-0.1, -0.05) is 17.7 Å². The second-order valence-electron chi connectivity index (χ2n) is 6.16. The van der Waals surface area contributed by atoms with Gasteiger partial charge in [0.2, 0.25) is 5.91 Å². The molecule has 6 heteroatoms. The number of piperazine rings is 1. The van der Waals surface area contributed by atoms with E-state index in [9.17, 15) is 4.79 Å². The molecule has 0 unspecified atom stereocenters. The molecule has 0 atom stereocenters. The molecule has 1 aromatic rings. The number of nitrogens with zero attached hydrogens (tertiary/aromatic N) is 1. The molecule has 0 aliphatic carbocycles. The Labute approximate surface area is 151 Å². The molecule has 1 heterocycles. The second kappa shape index (κ2) is 11.3. The van der Waals surface area contributed by atoms with E-state index in [0.29, 0.717) is 13.0 Å². The van der Waals surface area contributed by atoms with Gasteiger partial charge in [0.25, 0.3) is 0 Å². The first-order valence-corrected chi connectivity index (χ1v) is 8.55. The van der Waals surface area contributed by atoms with Crippen LogP contribution in [0, 0.1) is 13.8 Å². The Hall–Kier alpha value is -1.30. The molecule has 0 spiro atoms. The van der Waals surface area contributed by atoms with Crippen molar-refractivity contribution in [3.63, 3.8) is 0 Å². The predicted octanol–water partition coefficient (Wildman–Crippen LogP) is 1.91. The zero-order chi connectivity index (χ0) is 16.5. The van der Waals surface area contributed by atoms with Crippen LogP contribution in [0.25, 0.3) is 0 Å². The van der Waals surface area contributed by atoms with Gasteiger partial charge >= 0.3 is 0 Å². The molecule has 1 saturated heterocycles. The van der Waals surface area contributed by atoms with Gasteiger partial charge in [0.15, 0.2) is 0 Å². The summed E-state index contributed by atoms with van der Waals surface area (Å²) in [6.07, 6.45) is 1.41. The number of ether oxygens (including phenoxy) is 1. The molecule has 1 amide bonds. The maximum Gasteiger partial charge on any atom is 0.223 e. The lowest BCUT2D eigenvalue weighted by Crippen LogP contribution is -2.44. The first-order chi connectivity index (χ1) is 11.1. The zero-order valence-electron chi connectivity index (χ0n) is 14.8. The molecule has 24 heavy (non-hydrogen) atoms. The molecule has 2 rings (SSSR count). The van der Waals surface area contributed by atoms with E-state index in [1.54, 1.807) is 0 Å². The summed E-state index contributed by atoms with van der Waals surface area (Å²) in [6, 6.07) is 6.08. The van der Waals surface area contributed by atoms with Crippen molar-refractivity contribution in [1.29, 1.82) is 0 Å². The van der Waals surface area contributed by atoms with Crippen molar-refractivity contribution in [3.8, 4) is 5.75 Å². The summed E-state index contributed by atoms with van der Waals surface area (Å²) in [4.78, 5) is 14.2. The summed E-state index contributed by atoms with van der Waals surface area (Å²) in [5.74, 6) is 0.928. The quantitative estimate of drug-likeness (QED) is 0.699. The van der Waals surface area contributed by atoms with Crippen molar-refractivity contribution >= 4 is 18.3 Å². The largest absolute Gasteiger partial charge is 0.493 e. The number of nitrogens with one attached hydrogen (secondary N) is 2. The molecule has 1 aliphatic heterocycles. The maximum atomic E-state index is 11.8. The molecular weight excluding hydrogens is 326 g/mol. The molecule has 1 fully saturated rings. The lowest BCUT2D eigenvalue weighted by atomic mass is 10.1. The molecule has 1 aliphatic rings. The zero-order valence-corrected chi connectivity index (χ0v) is 15.6. The number of rotatable bonds is 8. The number of amides is 1. The predicted molar refractivity (Wildman–Crippen MR) is 100 cm³/mol. The molecule has 0 bridgehead atoms. The first-order valence-electron chi connectivity index (χ1n) is 8.55. The van der Waals surface area contributed by atoms with Crippen molar-refractivity contribution < 1.29 is 9.53 Å². The molecule has 0 radical (unpaired) electrons. The van der Waals surface area contributed by atoms with E-state index in [1.807, 2.05) is 19.1 Å². The lowest BCUT2D eigenvalue weighted by Gasteiger charge is -2.27. The number of hydrogen-bond donors (Lipinski definition) is 2. The third-order valence-electron chi connectivity index (χ3n) is 4.10. The van der Waals surface area contributed by atoms with Gasteiger partial charge in [0, 0.05) is 32.7 Å². The highest BCUT2D eigenvalue weighted by molar-refractivity contribution is 5.85. The van der Waals surface area contributed by atoms with Crippen molar-refractivity contribution in [3.05, 3.63) is 29.3 Å². The fourth-order valence-corrected chi connectivity index (χ4v) is 2.77. The third kappa shape index (κ3) is 7.51. The van der Waals surface area contributed by atoms with Crippen LogP contribution < -0.4 is 15.4 Å². The van der Waals surface area contributed by atoms with Gasteiger partial charge < -0.3 is 20.3 Å². The highest BCUT2D eigenvalue weighted by Gasteiger charge is 2.09. The van der Waals surface area contributed by atoms with Crippen LogP contribution >= 0.6 is 12.4 Å². The Kier molecular flexibility index (Phi) is 9.76. The van der Waals surface area contributed by atoms with Crippen LogP contribution in [0.3, 0.4) is 0 Å². The average Bonchev–Trinajstić information content (AvgIpc) is 2.55. The highest BCUT2D eigenvalue weighted by atomic mass is 35.5. The van der Waals surface area contributed by atoms with E-state index in [0.717, 1.165) is 57.0 Å². The number of carbonyl (C=O) groups excluding carboxylic acids is 1. The Morgan fingerprint density at radius 2 is 2.04 bits per heavy atom. The van der Waals surface area contributed by atoms with Gasteiger partial charge in [-0.2, -0.15) is 0 Å². The van der Waals surface area contributed by atoms with Gasteiger partial charge in [-0.3, -0.25) is 4.79 Å². The number of aryl methyl sites for hydroxylation is 2. The van der Waals surface area contributed by atoms with E-state index < -0.39 is 0 Å². The molecule has 5 nitrogen and oxygen atoms in total. The number of hydrogen-bond acceptors (Lipinski definition) is 4. The standard InChI is InChI=1S/C18H29N3O2.ClH/c1-15-4-5-17(16(2)14-15)23-13-6-18(22)20-7-3-10-21-11-8-19-9-12-21;/h4-5,14,19H,3,6-13H2,1-2H3,(H,20,22);1H. The highest BCUT2D eigenvalue weighted by Crippen LogP contribution is 2.18. The molecule has 1 aromatic carbocycles. The van der Waals surface area contributed by atoms with E-state index in [1.165, 1.54) is 5.56 Å². The van der Waals surface area contributed by atoms with Crippen molar-refractivity contribution in [2.24, 2.45) is 0 Å². The minimum absolute atomic E-state index is 0. The van der Waals surface area contributed by atoms with Crippen LogP contribution in [0.15, 0.2) is 18.2 Å². The molecular formula is C18H30ClN3O2. The maximum absolute atomic E-state index is 11.8. The van der Waals surface area contributed by atoms with Gasteiger partial charge in [0.1, 0.15) is 5.75 Å². The summed E-state index contributed by atoms with van der Waals surface area (Å²) in [5, 5.41) is 6.31. The fourth-order valence-electron chi connectivity index (χ4n) is 2.77. The summed E-state index contributed by atoms with van der Waals surface area (Å²) >= 11 is 0. The summed E-state index contributed by atoms with van der Waals surface area (Å²) in [5.41, 5.74) is 2.33. The van der Waals surface area contributed by atoms with Gasteiger partial charge in [0.05, 0.1) is 13.0 Å². The minimum Gasteiger partial charge on any atom is -0.493 e. The van der Waals surface area contributed by atoms with Crippen LogP contribution in [-0.4, -0.2) is 56.7 Å². The molecule has 2 N–H and O–H groups in total. The lowest BCUT2D eigenvalue weighted by molar-refractivity contribution is -0.121. The second-order valence-corrected chi connectivity index (χ2v) is 6.16. The third-order valence-corrected chi connectivity index (χ3v) is 4.10. The topological polar surface area (TPSA) is 53.6 Å². The first kappa shape index (κ1) is 20.7.